The van der Waals surface area contributed by atoms with Crippen LogP contribution < -0.4 is 5.32 Å². The van der Waals surface area contributed by atoms with Gasteiger partial charge in [-0.3, -0.25) is 0 Å². The van der Waals surface area contributed by atoms with Crippen molar-refractivity contribution in [2.45, 2.75) is 46.3 Å². The molecule has 1 aromatic rings. The lowest BCUT2D eigenvalue weighted by atomic mass is 10.2. The van der Waals surface area contributed by atoms with Crippen molar-refractivity contribution in [3.63, 3.8) is 0 Å². The Hall–Kier alpha value is -0.970. The smallest absolute Gasteiger partial charge is 0.410 e. The number of ether oxygens (including phenoxy) is 1. The highest BCUT2D eigenvalue weighted by Gasteiger charge is 2.20. The summed E-state index contributed by atoms with van der Waals surface area (Å²) in [5, 5.41) is 4.62. The van der Waals surface area contributed by atoms with Crippen LogP contribution >= 0.6 is 23.2 Å². The molecule has 0 unspecified atom stereocenters. The van der Waals surface area contributed by atoms with Crippen molar-refractivity contribution in [3.8, 4) is 0 Å². The minimum atomic E-state index is -0.464. The second-order valence-corrected chi connectivity index (χ2v) is 7.17. The van der Waals surface area contributed by atoms with Crippen molar-refractivity contribution in [3.05, 3.63) is 33.8 Å². The molecular weight excluding hydrogens is 335 g/mol. The van der Waals surface area contributed by atoms with Gasteiger partial charge in [-0.1, -0.05) is 29.3 Å². The average molecular weight is 361 g/mol. The molecule has 0 saturated heterocycles. The monoisotopic (exact) mass is 360 g/mol. The minimum absolute atomic E-state index is 0.263. The second kappa shape index (κ2) is 9.36. The summed E-state index contributed by atoms with van der Waals surface area (Å²) in [5.41, 5.74) is 0.546. The van der Waals surface area contributed by atoms with Gasteiger partial charge in [-0.25, -0.2) is 4.79 Å². The van der Waals surface area contributed by atoms with Crippen LogP contribution in [0.3, 0.4) is 0 Å². The van der Waals surface area contributed by atoms with E-state index in [1.54, 1.807) is 11.0 Å². The highest BCUT2D eigenvalue weighted by molar-refractivity contribution is 6.35. The lowest BCUT2D eigenvalue weighted by Crippen LogP contribution is -2.38. The molecule has 23 heavy (non-hydrogen) atoms. The number of halogens is 2. The molecule has 1 rings (SSSR count). The summed E-state index contributed by atoms with van der Waals surface area (Å²) in [7, 11) is 0. The van der Waals surface area contributed by atoms with Gasteiger partial charge in [-0.05, 0) is 58.4 Å². The molecule has 0 aromatic heterocycles. The molecule has 0 fully saturated rings. The Morgan fingerprint density at radius 2 is 2.00 bits per heavy atom. The van der Waals surface area contributed by atoms with E-state index in [1.165, 1.54) is 0 Å². The molecule has 130 valence electrons. The van der Waals surface area contributed by atoms with Crippen molar-refractivity contribution in [1.82, 2.24) is 10.2 Å². The fourth-order valence-electron chi connectivity index (χ4n) is 1.99. The number of rotatable bonds is 7. The van der Waals surface area contributed by atoms with Crippen LogP contribution in [0.15, 0.2) is 18.2 Å². The van der Waals surface area contributed by atoms with Gasteiger partial charge in [0.1, 0.15) is 5.60 Å². The predicted octanol–water partition coefficient (Wildman–Crippen LogP) is 4.73. The number of benzene rings is 1. The fraction of sp³-hybridized carbons (Fsp3) is 0.588. The molecule has 0 aliphatic rings. The first-order chi connectivity index (χ1) is 10.7. The number of carbonyl (C=O) groups excluding carboxylic acids is 1. The number of hydrogen-bond acceptors (Lipinski definition) is 3. The molecule has 1 N–H and O–H groups in total. The van der Waals surface area contributed by atoms with E-state index in [0.29, 0.717) is 29.7 Å². The minimum Gasteiger partial charge on any atom is -0.444 e. The summed E-state index contributed by atoms with van der Waals surface area (Å²) in [6, 6.07) is 5.48. The Balaban J connectivity index is 2.31. The van der Waals surface area contributed by atoms with E-state index in [2.05, 4.69) is 5.32 Å². The Labute approximate surface area is 149 Å². The largest absolute Gasteiger partial charge is 0.444 e. The highest BCUT2D eigenvalue weighted by atomic mass is 35.5. The average Bonchev–Trinajstić information content (AvgIpc) is 2.42. The molecular formula is C17H26Cl2N2O2. The van der Waals surface area contributed by atoms with Gasteiger partial charge in [-0.2, -0.15) is 0 Å². The molecule has 0 radical (unpaired) electrons. The predicted molar refractivity (Wildman–Crippen MR) is 96.3 cm³/mol. The van der Waals surface area contributed by atoms with Gasteiger partial charge < -0.3 is 15.0 Å². The zero-order valence-electron chi connectivity index (χ0n) is 14.3. The van der Waals surface area contributed by atoms with E-state index in [0.717, 1.165) is 18.5 Å². The molecule has 0 atom stereocenters. The van der Waals surface area contributed by atoms with Gasteiger partial charge in [0.15, 0.2) is 0 Å². The van der Waals surface area contributed by atoms with Crippen molar-refractivity contribution in [2.24, 2.45) is 0 Å². The van der Waals surface area contributed by atoms with E-state index in [-0.39, 0.29) is 6.09 Å². The van der Waals surface area contributed by atoms with Crippen molar-refractivity contribution in [2.75, 3.05) is 19.6 Å². The Morgan fingerprint density at radius 3 is 2.57 bits per heavy atom. The van der Waals surface area contributed by atoms with Crippen LogP contribution in [-0.2, 0) is 11.3 Å². The summed E-state index contributed by atoms with van der Waals surface area (Å²) in [4.78, 5) is 13.7. The SMILES string of the molecule is CCN(CCCNCc1ccc(Cl)cc1Cl)C(=O)OC(C)(C)C. The quantitative estimate of drug-likeness (QED) is 0.714. The van der Waals surface area contributed by atoms with E-state index in [1.807, 2.05) is 39.8 Å². The molecule has 0 aliphatic heterocycles. The third-order valence-electron chi connectivity index (χ3n) is 3.15. The summed E-state index contributed by atoms with van der Waals surface area (Å²) in [6.45, 7) is 10.3. The van der Waals surface area contributed by atoms with Crippen LogP contribution in [0.4, 0.5) is 4.79 Å². The zero-order valence-corrected chi connectivity index (χ0v) is 15.8. The molecule has 0 bridgehead atoms. The van der Waals surface area contributed by atoms with E-state index < -0.39 is 5.60 Å². The lowest BCUT2D eigenvalue weighted by molar-refractivity contribution is 0.0258. The summed E-state index contributed by atoms with van der Waals surface area (Å²) in [5.74, 6) is 0. The van der Waals surface area contributed by atoms with Crippen LogP contribution in [0, 0.1) is 0 Å². The van der Waals surface area contributed by atoms with E-state index in [9.17, 15) is 4.79 Å². The highest BCUT2D eigenvalue weighted by Crippen LogP contribution is 2.20. The Bertz CT molecular complexity index is 516. The Morgan fingerprint density at radius 1 is 1.30 bits per heavy atom. The van der Waals surface area contributed by atoms with E-state index >= 15 is 0 Å². The standard InChI is InChI=1S/C17H26Cl2N2O2/c1-5-21(16(22)23-17(2,3)4)10-6-9-20-12-13-7-8-14(18)11-15(13)19/h7-8,11,20H,5-6,9-10,12H2,1-4H3. The van der Waals surface area contributed by atoms with Crippen molar-refractivity contribution >= 4 is 29.3 Å². The van der Waals surface area contributed by atoms with Gasteiger partial charge in [0.2, 0.25) is 0 Å². The molecule has 0 heterocycles. The number of amides is 1. The third kappa shape index (κ3) is 7.91. The molecule has 0 spiro atoms. The van der Waals surface area contributed by atoms with Crippen LogP contribution in [0.2, 0.25) is 10.0 Å². The molecule has 1 amide bonds. The zero-order chi connectivity index (χ0) is 17.5. The molecule has 1 aromatic carbocycles. The van der Waals surface area contributed by atoms with Gasteiger partial charge in [0, 0.05) is 29.7 Å². The molecule has 6 heteroatoms. The number of hydrogen-bond donors (Lipinski definition) is 1. The van der Waals surface area contributed by atoms with Gasteiger partial charge in [0.25, 0.3) is 0 Å². The third-order valence-corrected chi connectivity index (χ3v) is 3.73. The van der Waals surface area contributed by atoms with Gasteiger partial charge >= 0.3 is 6.09 Å². The normalized spacial score (nSPS) is 11.4. The summed E-state index contributed by atoms with van der Waals surface area (Å²) in [6.07, 6.45) is 0.582. The maximum atomic E-state index is 12.0. The fourth-order valence-corrected chi connectivity index (χ4v) is 2.46. The van der Waals surface area contributed by atoms with Crippen molar-refractivity contribution in [1.29, 1.82) is 0 Å². The summed E-state index contributed by atoms with van der Waals surface area (Å²) >= 11 is 12.0. The number of nitrogens with zero attached hydrogens (tertiary/aromatic N) is 1. The first-order valence-corrected chi connectivity index (χ1v) is 8.61. The summed E-state index contributed by atoms with van der Waals surface area (Å²) < 4.78 is 5.38. The van der Waals surface area contributed by atoms with Crippen LogP contribution in [-0.4, -0.2) is 36.2 Å². The first-order valence-electron chi connectivity index (χ1n) is 7.85. The maximum Gasteiger partial charge on any atom is 0.410 e. The van der Waals surface area contributed by atoms with Gasteiger partial charge in [-0.15, -0.1) is 0 Å². The van der Waals surface area contributed by atoms with Crippen molar-refractivity contribution < 1.29 is 9.53 Å². The van der Waals surface area contributed by atoms with Gasteiger partial charge in [0.05, 0.1) is 0 Å². The second-order valence-electron chi connectivity index (χ2n) is 6.33. The number of nitrogens with one attached hydrogen (secondary N) is 1. The number of carbonyl (C=O) groups is 1. The van der Waals surface area contributed by atoms with E-state index in [4.69, 9.17) is 27.9 Å². The molecule has 0 aliphatic carbocycles. The lowest BCUT2D eigenvalue weighted by Gasteiger charge is -2.26. The topological polar surface area (TPSA) is 41.6 Å². The van der Waals surface area contributed by atoms with Crippen LogP contribution in [0.1, 0.15) is 39.7 Å². The maximum absolute atomic E-state index is 12.0. The molecule has 0 saturated carbocycles. The first kappa shape index (κ1) is 20.1. The molecule has 4 nitrogen and oxygen atoms in total. The van der Waals surface area contributed by atoms with Crippen LogP contribution in [0.25, 0.3) is 0 Å². The van der Waals surface area contributed by atoms with Crippen LogP contribution in [0.5, 0.6) is 0 Å². The Kier molecular flexibility index (Phi) is 8.17.